The number of carbonyl (C=O) groups is 1. The van der Waals surface area contributed by atoms with Crippen molar-refractivity contribution in [1.29, 1.82) is 0 Å². The second-order valence-electron chi connectivity index (χ2n) is 4.31. The van der Waals surface area contributed by atoms with Crippen LogP contribution >= 0.6 is 11.6 Å². The van der Waals surface area contributed by atoms with E-state index < -0.39 is 0 Å². The predicted molar refractivity (Wildman–Crippen MR) is 79.9 cm³/mol. The van der Waals surface area contributed by atoms with Crippen LogP contribution in [0.2, 0.25) is 5.02 Å². The minimum absolute atomic E-state index is 0.284. The molecule has 1 amide bonds. The van der Waals surface area contributed by atoms with E-state index in [-0.39, 0.29) is 11.6 Å². The first-order valence-corrected chi connectivity index (χ1v) is 6.32. The van der Waals surface area contributed by atoms with E-state index in [1.54, 1.807) is 42.5 Å². The molecule has 0 aliphatic rings. The number of hydrogen-bond acceptors (Lipinski definition) is 3. The Bertz CT molecular complexity index is 797. The molecule has 0 saturated carbocycles. The molecule has 0 radical (unpaired) electrons. The molecule has 0 saturated heterocycles. The van der Waals surface area contributed by atoms with E-state index in [1.807, 2.05) is 0 Å². The number of aromatic nitrogens is 2. The van der Waals surface area contributed by atoms with Crippen molar-refractivity contribution in [2.45, 2.75) is 0 Å². The van der Waals surface area contributed by atoms with Gasteiger partial charge in [-0.05, 0) is 30.3 Å². The molecular formula is C14H11ClN4O. The molecule has 0 fully saturated rings. The molecule has 6 heteroatoms. The largest absolute Gasteiger partial charge is 0.399 e. The van der Waals surface area contributed by atoms with Gasteiger partial charge in [0.1, 0.15) is 0 Å². The molecule has 1 aromatic heterocycles. The number of aromatic amines is 1. The lowest BCUT2D eigenvalue weighted by Gasteiger charge is -2.05. The molecule has 0 spiro atoms. The number of nitrogens with two attached hydrogens (primary N) is 1. The van der Waals surface area contributed by atoms with Gasteiger partial charge in [-0.25, -0.2) is 0 Å². The van der Waals surface area contributed by atoms with Crippen molar-refractivity contribution in [2.24, 2.45) is 0 Å². The number of nitrogen functional groups attached to an aromatic ring is 1. The van der Waals surface area contributed by atoms with E-state index >= 15 is 0 Å². The Morgan fingerprint density at radius 3 is 2.85 bits per heavy atom. The molecule has 4 N–H and O–H groups in total. The van der Waals surface area contributed by atoms with E-state index in [4.69, 9.17) is 17.3 Å². The Kier molecular flexibility index (Phi) is 3.04. The van der Waals surface area contributed by atoms with Gasteiger partial charge in [0.05, 0.1) is 16.2 Å². The highest BCUT2D eigenvalue weighted by atomic mass is 35.5. The van der Waals surface area contributed by atoms with Gasteiger partial charge in [-0.2, -0.15) is 5.10 Å². The minimum Gasteiger partial charge on any atom is -0.399 e. The first kappa shape index (κ1) is 12.5. The molecule has 0 atom stereocenters. The quantitative estimate of drug-likeness (QED) is 0.633. The van der Waals surface area contributed by atoms with Crippen LogP contribution in [-0.2, 0) is 0 Å². The van der Waals surface area contributed by atoms with Gasteiger partial charge < -0.3 is 11.1 Å². The van der Waals surface area contributed by atoms with Crippen molar-refractivity contribution < 1.29 is 4.79 Å². The minimum atomic E-state index is -0.338. The highest BCUT2D eigenvalue weighted by Crippen LogP contribution is 2.23. The molecule has 100 valence electrons. The second-order valence-corrected chi connectivity index (χ2v) is 4.72. The molecule has 0 bridgehead atoms. The normalized spacial score (nSPS) is 10.7. The summed E-state index contributed by atoms with van der Waals surface area (Å²) in [6.45, 7) is 0. The van der Waals surface area contributed by atoms with E-state index in [9.17, 15) is 4.79 Å². The third-order valence-electron chi connectivity index (χ3n) is 2.92. The van der Waals surface area contributed by atoms with Gasteiger partial charge in [0, 0.05) is 11.1 Å². The summed E-state index contributed by atoms with van der Waals surface area (Å²) in [6.07, 6.45) is 0. The van der Waals surface area contributed by atoms with Crippen LogP contribution in [0.1, 0.15) is 10.5 Å². The van der Waals surface area contributed by atoms with E-state index in [1.165, 1.54) is 0 Å². The highest BCUT2D eigenvalue weighted by Gasteiger charge is 2.15. The number of anilines is 2. The average molecular weight is 287 g/mol. The first-order chi connectivity index (χ1) is 9.65. The van der Waals surface area contributed by atoms with Gasteiger partial charge in [0.2, 0.25) is 0 Å². The zero-order valence-corrected chi connectivity index (χ0v) is 11.1. The molecule has 0 unspecified atom stereocenters. The van der Waals surface area contributed by atoms with Crippen molar-refractivity contribution >= 4 is 39.8 Å². The van der Waals surface area contributed by atoms with Crippen LogP contribution in [-0.4, -0.2) is 16.1 Å². The molecule has 2 aromatic carbocycles. The fourth-order valence-electron chi connectivity index (χ4n) is 1.95. The number of halogens is 1. The summed E-state index contributed by atoms with van der Waals surface area (Å²) in [5.74, 6) is -0.338. The monoisotopic (exact) mass is 286 g/mol. The summed E-state index contributed by atoms with van der Waals surface area (Å²) < 4.78 is 0. The molecular weight excluding hydrogens is 276 g/mol. The number of hydrogen-bond donors (Lipinski definition) is 3. The molecule has 0 aliphatic carbocycles. The zero-order valence-electron chi connectivity index (χ0n) is 10.4. The summed E-state index contributed by atoms with van der Waals surface area (Å²) >= 11 is 6.01. The van der Waals surface area contributed by atoms with Crippen molar-refractivity contribution in [1.82, 2.24) is 10.2 Å². The number of nitrogens with zero attached hydrogens (tertiary/aromatic N) is 1. The van der Waals surface area contributed by atoms with Crippen LogP contribution in [0.3, 0.4) is 0 Å². The Balaban J connectivity index is 1.97. The summed E-state index contributed by atoms with van der Waals surface area (Å²) in [7, 11) is 0. The summed E-state index contributed by atoms with van der Waals surface area (Å²) in [5, 5.41) is 10.7. The first-order valence-electron chi connectivity index (χ1n) is 5.94. The Labute approximate surface area is 119 Å². The van der Waals surface area contributed by atoms with Crippen molar-refractivity contribution in [3.05, 3.63) is 53.2 Å². The number of rotatable bonds is 2. The number of fused-ring (bicyclic) bond motifs is 1. The summed E-state index contributed by atoms with van der Waals surface area (Å²) in [4.78, 5) is 12.3. The van der Waals surface area contributed by atoms with E-state index in [0.717, 1.165) is 5.52 Å². The van der Waals surface area contributed by atoms with Crippen LogP contribution in [0.4, 0.5) is 11.4 Å². The van der Waals surface area contributed by atoms with Gasteiger partial charge in [-0.1, -0.05) is 23.7 Å². The Morgan fingerprint density at radius 2 is 2.05 bits per heavy atom. The highest BCUT2D eigenvalue weighted by molar-refractivity contribution is 6.34. The molecule has 1 heterocycles. The molecule has 0 aliphatic heterocycles. The van der Waals surface area contributed by atoms with Gasteiger partial charge >= 0.3 is 0 Å². The van der Waals surface area contributed by atoms with Crippen molar-refractivity contribution in [3.63, 3.8) is 0 Å². The molecule has 5 nitrogen and oxygen atoms in total. The van der Waals surface area contributed by atoms with E-state index in [2.05, 4.69) is 15.5 Å². The summed E-state index contributed by atoms with van der Waals surface area (Å²) in [5.41, 5.74) is 7.89. The van der Waals surface area contributed by atoms with Crippen LogP contribution in [0, 0.1) is 0 Å². The number of para-hydroxylation sites is 1. The lowest BCUT2D eigenvalue weighted by atomic mass is 10.2. The Hall–Kier alpha value is -2.53. The maximum absolute atomic E-state index is 12.3. The smallest absolute Gasteiger partial charge is 0.276 e. The number of benzene rings is 2. The average Bonchev–Trinajstić information content (AvgIpc) is 2.84. The number of carbonyl (C=O) groups excluding carboxylic acids is 1. The SMILES string of the molecule is Nc1ccc2[nH]nc(C(=O)Nc3ccccc3Cl)c2c1. The second kappa shape index (κ2) is 4.86. The zero-order chi connectivity index (χ0) is 14.1. The van der Waals surface area contributed by atoms with Gasteiger partial charge in [0.25, 0.3) is 5.91 Å². The number of H-pyrrole nitrogens is 1. The standard InChI is InChI=1S/C14H11ClN4O/c15-10-3-1-2-4-12(10)17-14(20)13-9-7-8(16)5-6-11(9)18-19-13/h1-7H,16H2,(H,17,20)(H,18,19). The fraction of sp³-hybridized carbons (Fsp3) is 0. The van der Waals surface area contributed by atoms with E-state index in [0.29, 0.717) is 21.8 Å². The fourth-order valence-corrected chi connectivity index (χ4v) is 2.13. The van der Waals surface area contributed by atoms with Crippen LogP contribution < -0.4 is 11.1 Å². The predicted octanol–water partition coefficient (Wildman–Crippen LogP) is 3.05. The molecule has 3 rings (SSSR count). The molecule has 3 aromatic rings. The summed E-state index contributed by atoms with van der Waals surface area (Å²) in [6, 6.07) is 12.3. The van der Waals surface area contributed by atoms with Gasteiger partial charge in [-0.3, -0.25) is 9.89 Å². The van der Waals surface area contributed by atoms with Crippen LogP contribution in [0.15, 0.2) is 42.5 Å². The van der Waals surface area contributed by atoms with Crippen molar-refractivity contribution in [2.75, 3.05) is 11.1 Å². The maximum Gasteiger partial charge on any atom is 0.276 e. The third-order valence-corrected chi connectivity index (χ3v) is 3.25. The molecule has 20 heavy (non-hydrogen) atoms. The van der Waals surface area contributed by atoms with Crippen molar-refractivity contribution in [3.8, 4) is 0 Å². The lowest BCUT2D eigenvalue weighted by molar-refractivity contribution is 0.102. The number of amides is 1. The number of nitrogens with one attached hydrogen (secondary N) is 2. The Morgan fingerprint density at radius 1 is 1.25 bits per heavy atom. The maximum atomic E-state index is 12.3. The van der Waals surface area contributed by atoms with Crippen LogP contribution in [0.5, 0.6) is 0 Å². The van der Waals surface area contributed by atoms with Crippen LogP contribution in [0.25, 0.3) is 10.9 Å². The lowest BCUT2D eigenvalue weighted by Crippen LogP contribution is -2.13. The van der Waals surface area contributed by atoms with Gasteiger partial charge in [-0.15, -0.1) is 0 Å². The third kappa shape index (κ3) is 2.19. The topological polar surface area (TPSA) is 83.8 Å². The van der Waals surface area contributed by atoms with Gasteiger partial charge in [0.15, 0.2) is 5.69 Å².